The predicted octanol–water partition coefficient (Wildman–Crippen LogP) is 5.05. The van der Waals surface area contributed by atoms with Crippen molar-refractivity contribution < 1.29 is 0 Å². The Labute approximate surface area is 132 Å². The maximum Gasteiger partial charge on any atom is 0.0775 e. The third-order valence-corrected chi connectivity index (χ3v) is 3.84. The van der Waals surface area contributed by atoms with E-state index in [9.17, 15) is 0 Å². The van der Waals surface area contributed by atoms with Crippen molar-refractivity contribution in [2.45, 2.75) is 27.2 Å². The Balaban J connectivity index is 2.23. The maximum absolute atomic E-state index is 4.83. The predicted molar refractivity (Wildman–Crippen MR) is 92.3 cm³/mol. The summed E-state index contributed by atoms with van der Waals surface area (Å²) in [6.07, 6.45) is 1.04. The van der Waals surface area contributed by atoms with Crippen LogP contribution in [0.2, 0.25) is 0 Å². The van der Waals surface area contributed by atoms with E-state index in [2.05, 4.69) is 80.1 Å². The highest BCUT2D eigenvalue weighted by atomic mass is 15.3. The number of benzene rings is 2. The minimum absolute atomic E-state index is 0.606. The molecule has 0 aliphatic rings. The van der Waals surface area contributed by atoms with Gasteiger partial charge in [-0.2, -0.15) is 5.10 Å². The summed E-state index contributed by atoms with van der Waals surface area (Å²) in [5.41, 5.74) is 6.03. The molecule has 0 amide bonds. The van der Waals surface area contributed by atoms with Crippen LogP contribution in [0.3, 0.4) is 0 Å². The topological polar surface area (TPSA) is 17.8 Å². The van der Waals surface area contributed by atoms with Gasteiger partial charge in [-0.05, 0) is 31.4 Å². The first-order valence-corrected chi connectivity index (χ1v) is 7.86. The van der Waals surface area contributed by atoms with Crippen molar-refractivity contribution in [2.75, 3.05) is 0 Å². The van der Waals surface area contributed by atoms with Crippen LogP contribution < -0.4 is 0 Å². The van der Waals surface area contributed by atoms with Gasteiger partial charge >= 0.3 is 0 Å². The third-order valence-electron chi connectivity index (χ3n) is 3.84. The molecule has 0 spiro atoms. The van der Waals surface area contributed by atoms with Crippen molar-refractivity contribution in [3.63, 3.8) is 0 Å². The molecule has 0 atom stereocenters. The van der Waals surface area contributed by atoms with Gasteiger partial charge in [0, 0.05) is 11.1 Å². The molecule has 112 valence electrons. The summed E-state index contributed by atoms with van der Waals surface area (Å²) in [6.45, 7) is 6.63. The summed E-state index contributed by atoms with van der Waals surface area (Å²) in [4.78, 5) is 0. The molecule has 0 bridgehead atoms. The molecule has 3 aromatic rings. The van der Waals surface area contributed by atoms with E-state index in [1.54, 1.807) is 0 Å². The van der Waals surface area contributed by atoms with Crippen molar-refractivity contribution in [1.29, 1.82) is 0 Å². The molecular weight excluding hydrogens is 268 g/mol. The summed E-state index contributed by atoms with van der Waals surface area (Å²) in [6, 6.07) is 20.9. The Morgan fingerprint density at radius 3 is 2.09 bits per heavy atom. The van der Waals surface area contributed by atoms with Crippen molar-refractivity contribution in [3.8, 4) is 16.9 Å². The summed E-state index contributed by atoms with van der Waals surface area (Å²) in [5, 5.41) is 4.83. The molecule has 0 fully saturated rings. The van der Waals surface area contributed by atoms with Gasteiger partial charge in [0.2, 0.25) is 0 Å². The molecule has 0 radical (unpaired) electrons. The van der Waals surface area contributed by atoms with Gasteiger partial charge in [-0.1, -0.05) is 62.4 Å². The van der Waals surface area contributed by atoms with Gasteiger partial charge < -0.3 is 0 Å². The maximum atomic E-state index is 4.83. The standard InChI is InChI=1S/C20H22N2/c1-15(2)14-19-16(3)21-22(18-12-8-5-9-13-18)20(19)17-10-6-4-7-11-17/h4-13,15H,14H2,1-3H3. The van der Waals surface area contributed by atoms with Gasteiger partial charge in [0.05, 0.1) is 17.1 Å². The van der Waals surface area contributed by atoms with E-state index in [0.29, 0.717) is 5.92 Å². The number of nitrogens with zero attached hydrogens (tertiary/aromatic N) is 2. The first kappa shape index (κ1) is 14.6. The fourth-order valence-electron chi connectivity index (χ4n) is 2.86. The van der Waals surface area contributed by atoms with E-state index in [-0.39, 0.29) is 0 Å². The van der Waals surface area contributed by atoms with E-state index < -0.39 is 0 Å². The molecule has 0 N–H and O–H groups in total. The van der Waals surface area contributed by atoms with Crippen LogP contribution in [0.25, 0.3) is 16.9 Å². The molecule has 0 unspecified atom stereocenters. The van der Waals surface area contributed by atoms with E-state index in [1.807, 2.05) is 6.07 Å². The van der Waals surface area contributed by atoms with Gasteiger partial charge in [-0.3, -0.25) is 0 Å². The van der Waals surface area contributed by atoms with Gasteiger partial charge in [0.15, 0.2) is 0 Å². The zero-order chi connectivity index (χ0) is 15.5. The SMILES string of the molecule is Cc1nn(-c2ccccc2)c(-c2ccccc2)c1CC(C)C. The Morgan fingerprint density at radius 2 is 1.50 bits per heavy atom. The third kappa shape index (κ3) is 2.82. The van der Waals surface area contributed by atoms with Crippen LogP contribution in [0.15, 0.2) is 60.7 Å². The van der Waals surface area contributed by atoms with E-state index in [0.717, 1.165) is 17.8 Å². The summed E-state index contributed by atoms with van der Waals surface area (Å²) in [5.74, 6) is 0.606. The van der Waals surface area contributed by atoms with E-state index in [1.165, 1.54) is 16.8 Å². The lowest BCUT2D eigenvalue weighted by Crippen LogP contribution is -2.01. The average molecular weight is 290 g/mol. The van der Waals surface area contributed by atoms with Crippen LogP contribution in [-0.4, -0.2) is 9.78 Å². The second-order valence-electron chi connectivity index (χ2n) is 6.12. The number of aryl methyl sites for hydroxylation is 1. The number of hydrogen-bond donors (Lipinski definition) is 0. The Morgan fingerprint density at radius 1 is 0.909 bits per heavy atom. The second-order valence-corrected chi connectivity index (χ2v) is 6.12. The van der Waals surface area contributed by atoms with Gasteiger partial charge in [-0.15, -0.1) is 0 Å². The Bertz CT molecular complexity index is 740. The normalized spacial score (nSPS) is 11.1. The Hall–Kier alpha value is -2.35. The quantitative estimate of drug-likeness (QED) is 0.657. The van der Waals surface area contributed by atoms with Crippen molar-refractivity contribution >= 4 is 0 Å². The lowest BCUT2D eigenvalue weighted by molar-refractivity contribution is 0.646. The van der Waals surface area contributed by atoms with Crippen LogP contribution in [0, 0.1) is 12.8 Å². The number of aromatic nitrogens is 2. The highest BCUT2D eigenvalue weighted by Crippen LogP contribution is 2.30. The minimum Gasteiger partial charge on any atom is -0.233 e. The van der Waals surface area contributed by atoms with Gasteiger partial charge in [0.1, 0.15) is 0 Å². The first-order valence-electron chi connectivity index (χ1n) is 7.86. The monoisotopic (exact) mass is 290 g/mol. The molecule has 1 aromatic heterocycles. The molecule has 0 saturated carbocycles. The van der Waals surface area contributed by atoms with Crippen LogP contribution in [0.4, 0.5) is 0 Å². The van der Waals surface area contributed by atoms with Crippen LogP contribution in [-0.2, 0) is 6.42 Å². The zero-order valence-corrected chi connectivity index (χ0v) is 13.5. The lowest BCUT2D eigenvalue weighted by Gasteiger charge is -2.11. The van der Waals surface area contributed by atoms with Crippen LogP contribution in [0.1, 0.15) is 25.1 Å². The summed E-state index contributed by atoms with van der Waals surface area (Å²) >= 11 is 0. The molecule has 2 aromatic carbocycles. The van der Waals surface area contributed by atoms with Crippen molar-refractivity contribution in [2.24, 2.45) is 5.92 Å². The lowest BCUT2D eigenvalue weighted by atomic mass is 9.97. The largest absolute Gasteiger partial charge is 0.233 e. The summed E-state index contributed by atoms with van der Waals surface area (Å²) < 4.78 is 2.09. The number of rotatable bonds is 4. The molecule has 22 heavy (non-hydrogen) atoms. The number of para-hydroxylation sites is 1. The van der Waals surface area contributed by atoms with E-state index >= 15 is 0 Å². The molecule has 0 aliphatic heterocycles. The molecule has 2 nitrogen and oxygen atoms in total. The summed E-state index contributed by atoms with van der Waals surface area (Å²) in [7, 11) is 0. The highest BCUT2D eigenvalue weighted by Gasteiger charge is 2.18. The van der Waals surface area contributed by atoms with Gasteiger partial charge in [-0.25, -0.2) is 4.68 Å². The van der Waals surface area contributed by atoms with Gasteiger partial charge in [0.25, 0.3) is 0 Å². The molecular formula is C20H22N2. The second kappa shape index (κ2) is 6.18. The Kier molecular flexibility index (Phi) is 4.10. The smallest absolute Gasteiger partial charge is 0.0775 e. The van der Waals surface area contributed by atoms with E-state index in [4.69, 9.17) is 5.10 Å². The van der Waals surface area contributed by atoms with Crippen LogP contribution in [0.5, 0.6) is 0 Å². The van der Waals surface area contributed by atoms with Crippen molar-refractivity contribution in [1.82, 2.24) is 9.78 Å². The fraction of sp³-hybridized carbons (Fsp3) is 0.250. The van der Waals surface area contributed by atoms with Crippen molar-refractivity contribution in [3.05, 3.63) is 71.9 Å². The molecule has 3 rings (SSSR count). The zero-order valence-electron chi connectivity index (χ0n) is 13.5. The highest BCUT2D eigenvalue weighted by molar-refractivity contribution is 5.67. The first-order chi connectivity index (χ1) is 10.7. The average Bonchev–Trinajstić information content (AvgIpc) is 2.85. The fourth-order valence-corrected chi connectivity index (χ4v) is 2.86. The molecule has 0 saturated heterocycles. The molecule has 2 heteroatoms. The molecule has 1 heterocycles. The molecule has 0 aliphatic carbocycles. The number of hydrogen-bond acceptors (Lipinski definition) is 1. The minimum atomic E-state index is 0.606. The van der Waals surface area contributed by atoms with Crippen LogP contribution >= 0.6 is 0 Å².